The molecule has 0 spiro atoms. The van der Waals surface area contributed by atoms with Gasteiger partial charge in [0.05, 0.1) is 12.1 Å². The Hall–Kier alpha value is -1.06. The van der Waals surface area contributed by atoms with Crippen LogP contribution >= 0.6 is 11.6 Å². The Morgan fingerprint density at radius 1 is 1.47 bits per heavy atom. The Kier molecular flexibility index (Phi) is 4.97. The van der Waals surface area contributed by atoms with Gasteiger partial charge in [0, 0.05) is 11.8 Å². The van der Waals surface area contributed by atoms with Crippen LogP contribution < -0.4 is 5.32 Å². The van der Waals surface area contributed by atoms with E-state index in [4.69, 9.17) is 11.6 Å². The average molecular weight is 256 g/mol. The van der Waals surface area contributed by atoms with Crippen LogP contribution in [0.3, 0.4) is 0 Å². The number of carbonyl (C=O) groups is 1. The van der Waals surface area contributed by atoms with E-state index in [1.54, 1.807) is 13.8 Å². The molecule has 0 aliphatic heterocycles. The minimum Gasteiger partial charge on any atom is -0.394 e. The third-order valence-electron chi connectivity index (χ3n) is 2.81. The van der Waals surface area contributed by atoms with E-state index >= 15 is 0 Å². The number of amides is 1. The van der Waals surface area contributed by atoms with Crippen LogP contribution in [0.15, 0.2) is 30.3 Å². The molecule has 1 aromatic carbocycles. The molecule has 1 aromatic rings. The monoisotopic (exact) mass is 255 g/mol. The molecule has 0 fully saturated rings. The number of aliphatic hydroxyl groups excluding tert-OH is 1. The van der Waals surface area contributed by atoms with Gasteiger partial charge in [-0.2, -0.15) is 0 Å². The number of alkyl halides is 1. The van der Waals surface area contributed by atoms with Crippen LogP contribution in [0.1, 0.15) is 19.4 Å². The van der Waals surface area contributed by atoms with Gasteiger partial charge in [0.25, 0.3) is 0 Å². The van der Waals surface area contributed by atoms with Crippen LogP contribution in [0, 0.1) is 5.92 Å². The zero-order valence-electron chi connectivity index (χ0n) is 10.1. The Bertz CT molecular complexity index is 369. The van der Waals surface area contributed by atoms with Gasteiger partial charge in [-0.3, -0.25) is 4.79 Å². The van der Waals surface area contributed by atoms with Crippen molar-refractivity contribution in [3.63, 3.8) is 0 Å². The first-order chi connectivity index (χ1) is 8.03. The van der Waals surface area contributed by atoms with Crippen molar-refractivity contribution in [3.05, 3.63) is 35.9 Å². The van der Waals surface area contributed by atoms with Crippen molar-refractivity contribution in [1.82, 2.24) is 5.32 Å². The fourth-order valence-electron chi connectivity index (χ4n) is 1.47. The van der Waals surface area contributed by atoms with E-state index in [2.05, 4.69) is 5.32 Å². The number of halogens is 1. The lowest BCUT2D eigenvalue weighted by Gasteiger charge is -2.30. The third kappa shape index (κ3) is 3.45. The zero-order chi connectivity index (χ0) is 12.9. The lowest BCUT2D eigenvalue weighted by atomic mass is 9.92. The summed E-state index contributed by atoms with van der Waals surface area (Å²) in [7, 11) is 0. The molecule has 94 valence electrons. The average Bonchev–Trinajstić information content (AvgIpc) is 2.38. The second kappa shape index (κ2) is 6.03. The van der Waals surface area contributed by atoms with Gasteiger partial charge in [0.15, 0.2) is 0 Å². The fourth-order valence-corrected chi connectivity index (χ4v) is 1.61. The summed E-state index contributed by atoms with van der Waals surface area (Å²) in [6.07, 6.45) is 0. The van der Waals surface area contributed by atoms with Gasteiger partial charge < -0.3 is 10.4 Å². The summed E-state index contributed by atoms with van der Waals surface area (Å²) in [6, 6.07) is 9.40. The van der Waals surface area contributed by atoms with Crippen molar-refractivity contribution < 1.29 is 9.90 Å². The molecule has 0 aliphatic carbocycles. The number of hydrogen-bond acceptors (Lipinski definition) is 2. The van der Waals surface area contributed by atoms with Gasteiger partial charge in [-0.05, 0) is 12.5 Å². The van der Waals surface area contributed by atoms with Crippen LogP contribution in [0.2, 0.25) is 0 Å². The molecule has 17 heavy (non-hydrogen) atoms. The van der Waals surface area contributed by atoms with Crippen molar-refractivity contribution in [3.8, 4) is 0 Å². The zero-order valence-corrected chi connectivity index (χ0v) is 10.9. The molecule has 1 rings (SSSR count). The first kappa shape index (κ1) is 14.0. The predicted octanol–water partition coefficient (Wildman–Crippen LogP) is 1.89. The summed E-state index contributed by atoms with van der Waals surface area (Å²) in [4.78, 5) is 11.8. The standard InChI is InChI=1S/C13H18ClNO2/c1-10(8-14)12(17)15-13(2,9-16)11-6-4-3-5-7-11/h3-7,10,16H,8-9H2,1-2H3,(H,15,17). The third-order valence-corrected chi connectivity index (χ3v) is 3.27. The topological polar surface area (TPSA) is 49.3 Å². The SMILES string of the molecule is CC(CCl)C(=O)NC(C)(CO)c1ccccc1. The van der Waals surface area contributed by atoms with E-state index in [0.717, 1.165) is 5.56 Å². The van der Waals surface area contributed by atoms with Gasteiger partial charge in [0.1, 0.15) is 0 Å². The lowest BCUT2D eigenvalue weighted by molar-refractivity contribution is -0.126. The van der Waals surface area contributed by atoms with E-state index in [-0.39, 0.29) is 24.3 Å². The highest BCUT2D eigenvalue weighted by Gasteiger charge is 2.29. The molecule has 0 radical (unpaired) electrons. The highest BCUT2D eigenvalue weighted by Crippen LogP contribution is 2.20. The summed E-state index contributed by atoms with van der Waals surface area (Å²) in [5, 5.41) is 12.3. The van der Waals surface area contributed by atoms with Crippen LogP contribution in [0.4, 0.5) is 0 Å². The highest BCUT2D eigenvalue weighted by atomic mass is 35.5. The largest absolute Gasteiger partial charge is 0.394 e. The second-order valence-corrected chi connectivity index (χ2v) is 4.71. The first-order valence-corrected chi connectivity index (χ1v) is 6.11. The Morgan fingerprint density at radius 3 is 2.53 bits per heavy atom. The number of rotatable bonds is 5. The Labute approximate surface area is 107 Å². The normalized spacial score (nSPS) is 16.0. The van der Waals surface area contributed by atoms with Crippen molar-refractivity contribution in [2.75, 3.05) is 12.5 Å². The molecular formula is C13H18ClNO2. The minimum absolute atomic E-state index is 0.152. The Balaban J connectivity index is 2.87. The molecule has 0 aromatic heterocycles. The maximum Gasteiger partial charge on any atom is 0.224 e. The molecule has 2 N–H and O–H groups in total. The molecule has 0 aliphatic rings. The Morgan fingerprint density at radius 2 is 2.06 bits per heavy atom. The fraction of sp³-hybridized carbons (Fsp3) is 0.462. The summed E-state index contributed by atoms with van der Waals surface area (Å²) < 4.78 is 0. The maximum atomic E-state index is 11.8. The number of benzene rings is 1. The van der Waals surface area contributed by atoms with Gasteiger partial charge in [-0.15, -0.1) is 11.6 Å². The number of hydrogen-bond donors (Lipinski definition) is 2. The predicted molar refractivity (Wildman–Crippen MR) is 68.9 cm³/mol. The lowest BCUT2D eigenvalue weighted by Crippen LogP contribution is -2.48. The molecule has 0 heterocycles. The molecule has 0 saturated heterocycles. The molecule has 2 unspecified atom stereocenters. The van der Waals surface area contributed by atoms with Crippen molar-refractivity contribution in [2.24, 2.45) is 5.92 Å². The quantitative estimate of drug-likeness (QED) is 0.790. The van der Waals surface area contributed by atoms with Gasteiger partial charge in [-0.1, -0.05) is 37.3 Å². The number of carbonyl (C=O) groups excluding carboxylic acids is 1. The highest BCUT2D eigenvalue weighted by molar-refractivity contribution is 6.19. The van der Waals surface area contributed by atoms with E-state index in [0.29, 0.717) is 0 Å². The van der Waals surface area contributed by atoms with Crippen LogP contribution in [0.25, 0.3) is 0 Å². The summed E-state index contributed by atoms with van der Waals surface area (Å²) >= 11 is 5.64. The van der Waals surface area contributed by atoms with Crippen molar-refractivity contribution >= 4 is 17.5 Å². The molecule has 3 nitrogen and oxygen atoms in total. The molecule has 2 atom stereocenters. The van der Waals surface area contributed by atoms with Crippen LogP contribution in [-0.4, -0.2) is 23.5 Å². The van der Waals surface area contributed by atoms with E-state index in [1.807, 2.05) is 30.3 Å². The minimum atomic E-state index is -0.765. The first-order valence-electron chi connectivity index (χ1n) is 5.58. The summed E-state index contributed by atoms with van der Waals surface area (Å²) in [5.74, 6) is -0.158. The van der Waals surface area contributed by atoms with Gasteiger partial charge in [0.2, 0.25) is 5.91 Å². The summed E-state index contributed by atoms with van der Waals surface area (Å²) in [6.45, 7) is 3.39. The maximum absolute atomic E-state index is 11.8. The molecule has 0 saturated carbocycles. The summed E-state index contributed by atoms with van der Waals surface area (Å²) in [5.41, 5.74) is 0.108. The molecule has 1 amide bonds. The second-order valence-electron chi connectivity index (χ2n) is 4.40. The van der Waals surface area contributed by atoms with Crippen LogP contribution in [-0.2, 0) is 10.3 Å². The van der Waals surface area contributed by atoms with Gasteiger partial charge >= 0.3 is 0 Å². The van der Waals surface area contributed by atoms with E-state index in [9.17, 15) is 9.90 Å². The molecular weight excluding hydrogens is 238 g/mol. The van der Waals surface area contributed by atoms with Crippen molar-refractivity contribution in [1.29, 1.82) is 0 Å². The van der Waals surface area contributed by atoms with Gasteiger partial charge in [-0.25, -0.2) is 0 Å². The number of aliphatic hydroxyl groups is 1. The van der Waals surface area contributed by atoms with E-state index < -0.39 is 5.54 Å². The smallest absolute Gasteiger partial charge is 0.224 e. The molecule has 4 heteroatoms. The number of nitrogens with one attached hydrogen (secondary N) is 1. The van der Waals surface area contributed by atoms with Crippen LogP contribution in [0.5, 0.6) is 0 Å². The molecule has 0 bridgehead atoms. The van der Waals surface area contributed by atoms with E-state index in [1.165, 1.54) is 0 Å². The van der Waals surface area contributed by atoms with Crippen molar-refractivity contribution in [2.45, 2.75) is 19.4 Å².